The fourth-order valence-electron chi connectivity index (χ4n) is 1.80. The summed E-state index contributed by atoms with van der Waals surface area (Å²) < 4.78 is 25.7. The molecule has 2 aromatic rings. The van der Waals surface area contributed by atoms with Gasteiger partial charge in [0.2, 0.25) is 0 Å². The van der Waals surface area contributed by atoms with Crippen molar-refractivity contribution in [1.29, 1.82) is 0 Å². The van der Waals surface area contributed by atoms with Gasteiger partial charge in [0.05, 0.1) is 0 Å². The average Bonchev–Trinajstić information content (AvgIpc) is 2.38. The van der Waals surface area contributed by atoms with E-state index in [1.807, 2.05) is 6.92 Å². The maximum atomic E-state index is 12.9. The van der Waals surface area contributed by atoms with E-state index in [0.29, 0.717) is 11.6 Å². The third kappa shape index (κ3) is 3.75. The normalized spacial score (nSPS) is 12.4. The standard InChI is InChI=1S/C15H14ClF2N/c1-10(11-2-5-13(17)6-3-11)19-9-12-4-7-14(18)8-15(12)16/h2-8,10,19H,9H2,1H3/t10-/m1/s1. The van der Waals surface area contributed by atoms with Gasteiger partial charge in [0, 0.05) is 17.6 Å². The summed E-state index contributed by atoms with van der Waals surface area (Å²) in [5.74, 6) is -0.599. The van der Waals surface area contributed by atoms with Crippen LogP contribution in [0, 0.1) is 11.6 Å². The number of nitrogens with one attached hydrogen (secondary N) is 1. The molecule has 1 nitrogen and oxygen atoms in total. The van der Waals surface area contributed by atoms with Gasteiger partial charge in [0.25, 0.3) is 0 Å². The Labute approximate surface area is 116 Å². The van der Waals surface area contributed by atoms with Crippen molar-refractivity contribution in [2.45, 2.75) is 19.5 Å². The van der Waals surface area contributed by atoms with E-state index in [9.17, 15) is 8.78 Å². The highest BCUT2D eigenvalue weighted by Gasteiger charge is 2.07. The smallest absolute Gasteiger partial charge is 0.124 e. The zero-order valence-electron chi connectivity index (χ0n) is 10.5. The second-order valence-electron chi connectivity index (χ2n) is 4.39. The predicted molar refractivity (Wildman–Crippen MR) is 73.1 cm³/mol. The molecule has 4 heteroatoms. The molecule has 0 fully saturated rings. The van der Waals surface area contributed by atoms with Gasteiger partial charge in [-0.2, -0.15) is 0 Å². The van der Waals surface area contributed by atoms with Gasteiger partial charge in [-0.15, -0.1) is 0 Å². The molecule has 0 aliphatic rings. The summed E-state index contributed by atoms with van der Waals surface area (Å²) in [6, 6.07) is 10.7. The van der Waals surface area contributed by atoms with Gasteiger partial charge in [0.1, 0.15) is 11.6 Å². The molecule has 0 aliphatic heterocycles. The van der Waals surface area contributed by atoms with Crippen LogP contribution in [0.2, 0.25) is 5.02 Å². The van der Waals surface area contributed by atoms with Crippen molar-refractivity contribution >= 4 is 11.6 Å². The van der Waals surface area contributed by atoms with Crippen molar-refractivity contribution in [2.24, 2.45) is 0 Å². The van der Waals surface area contributed by atoms with Crippen LogP contribution in [0.25, 0.3) is 0 Å². The van der Waals surface area contributed by atoms with Crippen LogP contribution < -0.4 is 5.32 Å². The van der Waals surface area contributed by atoms with Crippen molar-refractivity contribution in [1.82, 2.24) is 5.32 Å². The van der Waals surface area contributed by atoms with E-state index in [-0.39, 0.29) is 17.7 Å². The molecule has 0 aromatic heterocycles. The Morgan fingerprint density at radius 2 is 1.68 bits per heavy atom. The van der Waals surface area contributed by atoms with E-state index in [0.717, 1.165) is 11.1 Å². The molecule has 0 aliphatic carbocycles. The largest absolute Gasteiger partial charge is 0.306 e. The number of halogens is 3. The molecular formula is C15H14ClF2N. The monoisotopic (exact) mass is 281 g/mol. The number of hydrogen-bond acceptors (Lipinski definition) is 1. The second-order valence-corrected chi connectivity index (χ2v) is 4.80. The Hall–Kier alpha value is -1.45. The summed E-state index contributed by atoms with van der Waals surface area (Å²) in [6.07, 6.45) is 0. The quantitative estimate of drug-likeness (QED) is 0.872. The minimum atomic E-state index is -0.347. The minimum absolute atomic E-state index is 0.0571. The molecule has 0 unspecified atom stereocenters. The van der Waals surface area contributed by atoms with E-state index >= 15 is 0 Å². The van der Waals surface area contributed by atoms with Gasteiger partial charge >= 0.3 is 0 Å². The lowest BCUT2D eigenvalue weighted by atomic mass is 10.1. The molecule has 0 spiro atoms. The Morgan fingerprint density at radius 3 is 2.32 bits per heavy atom. The van der Waals surface area contributed by atoms with Crippen LogP contribution in [0.1, 0.15) is 24.1 Å². The number of hydrogen-bond donors (Lipinski definition) is 1. The number of rotatable bonds is 4. The van der Waals surface area contributed by atoms with Gasteiger partial charge < -0.3 is 5.32 Å². The van der Waals surface area contributed by atoms with Crippen molar-refractivity contribution in [3.05, 3.63) is 70.2 Å². The lowest BCUT2D eigenvalue weighted by Crippen LogP contribution is -2.18. The molecule has 0 amide bonds. The fourth-order valence-corrected chi connectivity index (χ4v) is 2.03. The van der Waals surface area contributed by atoms with Crippen molar-refractivity contribution in [3.63, 3.8) is 0 Å². The van der Waals surface area contributed by atoms with E-state index in [1.165, 1.54) is 24.3 Å². The molecule has 2 rings (SSSR count). The summed E-state index contributed by atoms with van der Waals surface area (Å²) in [7, 11) is 0. The van der Waals surface area contributed by atoms with E-state index in [2.05, 4.69) is 5.32 Å². The molecular weight excluding hydrogens is 268 g/mol. The lowest BCUT2D eigenvalue weighted by molar-refractivity contribution is 0.569. The maximum absolute atomic E-state index is 12.9. The summed E-state index contributed by atoms with van der Waals surface area (Å²) >= 11 is 5.95. The van der Waals surface area contributed by atoms with Crippen LogP contribution in [0.3, 0.4) is 0 Å². The Bertz CT molecular complexity index is 555. The zero-order valence-corrected chi connectivity index (χ0v) is 11.2. The molecule has 1 N–H and O–H groups in total. The first kappa shape index (κ1) is 14.0. The first-order chi connectivity index (χ1) is 9.06. The van der Waals surface area contributed by atoms with Crippen LogP contribution in [0.15, 0.2) is 42.5 Å². The molecule has 0 bridgehead atoms. The van der Waals surface area contributed by atoms with Gasteiger partial charge in [-0.25, -0.2) is 8.78 Å². The minimum Gasteiger partial charge on any atom is -0.306 e. The second kappa shape index (κ2) is 6.13. The average molecular weight is 282 g/mol. The molecule has 2 aromatic carbocycles. The molecule has 0 saturated carbocycles. The van der Waals surface area contributed by atoms with E-state index < -0.39 is 0 Å². The molecule has 100 valence electrons. The molecule has 19 heavy (non-hydrogen) atoms. The van der Waals surface area contributed by atoms with Gasteiger partial charge in [-0.3, -0.25) is 0 Å². The summed E-state index contributed by atoms with van der Waals surface area (Å²) in [6.45, 7) is 2.50. The predicted octanol–water partition coefficient (Wildman–Crippen LogP) is 4.47. The highest BCUT2D eigenvalue weighted by molar-refractivity contribution is 6.31. The van der Waals surface area contributed by atoms with E-state index in [1.54, 1.807) is 18.2 Å². The Balaban J connectivity index is 2.00. The van der Waals surface area contributed by atoms with Gasteiger partial charge in [0.15, 0.2) is 0 Å². The van der Waals surface area contributed by atoms with Gasteiger partial charge in [-0.05, 0) is 42.3 Å². The number of benzene rings is 2. The maximum Gasteiger partial charge on any atom is 0.124 e. The summed E-state index contributed by atoms with van der Waals surface area (Å²) in [4.78, 5) is 0. The molecule has 0 heterocycles. The Kier molecular flexibility index (Phi) is 4.51. The van der Waals surface area contributed by atoms with E-state index in [4.69, 9.17) is 11.6 Å². The summed E-state index contributed by atoms with van der Waals surface area (Å²) in [5, 5.41) is 3.67. The topological polar surface area (TPSA) is 12.0 Å². The molecule has 1 atom stereocenters. The van der Waals surface area contributed by atoms with Crippen molar-refractivity contribution in [3.8, 4) is 0 Å². The van der Waals surface area contributed by atoms with Crippen molar-refractivity contribution in [2.75, 3.05) is 0 Å². The van der Waals surface area contributed by atoms with Crippen LogP contribution >= 0.6 is 11.6 Å². The highest BCUT2D eigenvalue weighted by Crippen LogP contribution is 2.19. The van der Waals surface area contributed by atoms with Gasteiger partial charge in [-0.1, -0.05) is 29.8 Å². The first-order valence-corrected chi connectivity index (χ1v) is 6.37. The SMILES string of the molecule is C[C@@H](NCc1ccc(F)cc1Cl)c1ccc(F)cc1. The fraction of sp³-hybridized carbons (Fsp3) is 0.200. The van der Waals surface area contributed by atoms with Crippen LogP contribution in [0.4, 0.5) is 8.78 Å². The highest BCUT2D eigenvalue weighted by atomic mass is 35.5. The lowest BCUT2D eigenvalue weighted by Gasteiger charge is -2.15. The van der Waals surface area contributed by atoms with Crippen LogP contribution in [0.5, 0.6) is 0 Å². The molecule has 0 saturated heterocycles. The Morgan fingerprint density at radius 1 is 1.05 bits per heavy atom. The summed E-state index contributed by atoms with van der Waals surface area (Å²) in [5.41, 5.74) is 1.82. The van der Waals surface area contributed by atoms with Crippen LogP contribution in [-0.4, -0.2) is 0 Å². The third-order valence-electron chi connectivity index (χ3n) is 2.98. The first-order valence-electron chi connectivity index (χ1n) is 5.99. The van der Waals surface area contributed by atoms with Crippen LogP contribution in [-0.2, 0) is 6.54 Å². The van der Waals surface area contributed by atoms with Crippen molar-refractivity contribution < 1.29 is 8.78 Å². The molecule has 0 radical (unpaired) electrons. The third-order valence-corrected chi connectivity index (χ3v) is 3.34. The zero-order chi connectivity index (χ0) is 13.8.